The summed E-state index contributed by atoms with van der Waals surface area (Å²) >= 11 is 5.99. The van der Waals surface area contributed by atoms with Gasteiger partial charge >= 0.3 is 0 Å². The van der Waals surface area contributed by atoms with Crippen molar-refractivity contribution < 1.29 is 9.90 Å². The summed E-state index contributed by atoms with van der Waals surface area (Å²) in [7, 11) is 0. The van der Waals surface area contributed by atoms with Gasteiger partial charge in [0.05, 0.1) is 10.6 Å². The van der Waals surface area contributed by atoms with Crippen LogP contribution in [0.5, 0.6) is 0 Å². The summed E-state index contributed by atoms with van der Waals surface area (Å²) in [6.07, 6.45) is 9.55. The number of rotatable bonds is 5. The van der Waals surface area contributed by atoms with Crippen molar-refractivity contribution in [2.45, 2.75) is 44.6 Å². The number of aliphatic hydroxyl groups excluding tert-OH is 1. The second kappa shape index (κ2) is 7.60. The highest BCUT2D eigenvalue weighted by atomic mass is 35.5. The van der Waals surface area contributed by atoms with Crippen LogP contribution in [0, 0.1) is 5.92 Å². The number of halogens is 1. The molecular weight excluding hydrogens is 276 g/mol. The molecule has 2 rings (SSSR count). The molecule has 20 heavy (non-hydrogen) atoms. The van der Waals surface area contributed by atoms with Crippen molar-refractivity contribution in [1.82, 2.24) is 10.3 Å². The Morgan fingerprint density at radius 3 is 2.85 bits per heavy atom. The van der Waals surface area contributed by atoms with E-state index in [2.05, 4.69) is 10.3 Å². The quantitative estimate of drug-likeness (QED) is 0.878. The maximum absolute atomic E-state index is 12.3. The Hall–Kier alpha value is -1.13. The Morgan fingerprint density at radius 1 is 1.45 bits per heavy atom. The lowest BCUT2D eigenvalue weighted by Crippen LogP contribution is -2.41. The van der Waals surface area contributed by atoms with E-state index in [0.29, 0.717) is 22.9 Å². The second-order valence-electron chi connectivity index (χ2n) is 5.35. The molecule has 0 aromatic carbocycles. The van der Waals surface area contributed by atoms with Crippen molar-refractivity contribution in [3.63, 3.8) is 0 Å². The van der Waals surface area contributed by atoms with Gasteiger partial charge in [-0.05, 0) is 31.2 Å². The van der Waals surface area contributed by atoms with Crippen LogP contribution >= 0.6 is 11.6 Å². The number of hydrogen-bond donors (Lipinski definition) is 2. The van der Waals surface area contributed by atoms with Crippen LogP contribution in [-0.4, -0.2) is 28.6 Å². The molecule has 1 aliphatic carbocycles. The molecule has 0 bridgehead atoms. The smallest absolute Gasteiger partial charge is 0.253 e. The molecule has 110 valence electrons. The zero-order valence-electron chi connectivity index (χ0n) is 11.5. The number of nitrogens with zero attached hydrogens (tertiary/aromatic N) is 1. The number of carbonyl (C=O) groups excluding carboxylic acids is 1. The molecule has 1 atom stereocenters. The van der Waals surface area contributed by atoms with Gasteiger partial charge in [-0.25, -0.2) is 0 Å². The first-order valence-electron chi connectivity index (χ1n) is 7.23. The Kier molecular flexibility index (Phi) is 5.80. The average Bonchev–Trinajstić information content (AvgIpc) is 2.48. The number of aliphatic hydroxyl groups is 1. The molecule has 2 N–H and O–H groups in total. The number of carbonyl (C=O) groups is 1. The summed E-state index contributed by atoms with van der Waals surface area (Å²) in [5, 5.41) is 12.6. The fourth-order valence-electron chi connectivity index (χ4n) is 2.91. The Morgan fingerprint density at radius 2 is 2.20 bits per heavy atom. The van der Waals surface area contributed by atoms with E-state index in [-0.39, 0.29) is 18.6 Å². The Bertz CT molecular complexity index is 447. The van der Waals surface area contributed by atoms with Crippen molar-refractivity contribution in [2.24, 2.45) is 5.92 Å². The van der Waals surface area contributed by atoms with Crippen molar-refractivity contribution in [2.75, 3.05) is 6.61 Å². The van der Waals surface area contributed by atoms with Gasteiger partial charge in [-0.2, -0.15) is 0 Å². The third kappa shape index (κ3) is 3.93. The van der Waals surface area contributed by atoms with E-state index < -0.39 is 0 Å². The number of pyridine rings is 1. The van der Waals surface area contributed by atoms with Gasteiger partial charge in [-0.3, -0.25) is 9.78 Å². The van der Waals surface area contributed by atoms with Crippen molar-refractivity contribution >= 4 is 17.5 Å². The third-order valence-electron chi connectivity index (χ3n) is 3.99. The molecule has 1 saturated carbocycles. The molecule has 1 aromatic rings. The number of hydrogen-bond acceptors (Lipinski definition) is 3. The van der Waals surface area contributed by atoms with Gasteiger partial charge in [0.15, 0.2) is 0 Å². The van der Waals surface area contributed by atoms with Crippen molar-refractivity contribution in [3.05, 3.63) is 29.0 Å². The largest absolute Gasteiger partial charge is 0.396 e. The summed E-state index contributed by atoms with van der Waals surface area (Å²) in [4.78, 5) is 16.2. The van der Waals surface area contributed by atoms with Gasteiger partial charge in [-0.15, -0.1) is 0 Å². The molecule has 1 fully saturated rings. The first-order valence-corrected chi connectivity index (χ1v) is 7.61. The lowest BCUT2D eigenvalue weighted by molar-refractivity contribution is 0.0899. The topological polar surface area (TPSA) is 62.2 Å². The first kappa shape index (κ1) is 15.3. The van der Waals surface area contributed by atoms with Gasteiger partial charge in [0.2, 0.25) is 0 Å². The van der Waals surface area contributed by atoms with Gasteiger partial charge in [0, 0.05) is 25.0 Å². The number of aromatic nitrogens is 1. The monoisotopic (exact) mass is 296 g/mol. The minimum Gasteiger partial charge on any atom is -0.396 e. The van der Waals surface area contributed by atoms with Crippen LogP contribution in [0.2, 0.25) is 5.02 Å². The summed E-state index contributed by atoms with van der Waals surface area (Å²) in [6.45, 7) is 0.0888. The lowest BCUT2D eigenvalue weighted by Gasteiger charge is -2.30. The van der Waals surface area contributed by atoms with E-state index in [1.54, 1.807) is 12.3 Å². The highest BCUT2D eigenvalue weighted by Gasteiger charge is 2.25. The van der Waals surface area contributed by atoms with Crippen molar-refractivity contribution in [3.8, 4) is 0 Å². The molecule has 4 nitrogen and oxygen atoms in total. The van der Waals surface area contributed by atoms with Gasteiger partial charge in [0.1, 0.15) is 0 Å². The summed E-state index contributed by atoms with van der Waals surface area (Å²) < 4.78 is 0. The molecule has 1 aliphatic rings. The minimum absolute atomic E-state index is 0.0250. The Labute approximate surface area is 124 Å². The van der Waals surface area contributed by atoms with Crippen LogP contribution in [0.15, 0.2) is 18.5 Å². The van der Waals surface area contributed by atoms with Crippen LogP contribution in [0.1, 0.15) is 48.9 Å². The maximum Gasteiger partial charge on any atom is 0.253 e. The fraction of sp³-hybridized carbons (Fsp3) is 0.600. The summed E-state index contributed by atoms with van der Waals surface area (Å²) in [6, 6.07) is 1.64. The molecule has 1 aromatic heterocycles. The molecular formula is C15H21ClN2O2. The molecule has 0 radical (unpaired) electrons. The normalized spacial score (nSPS) is 17.7. The van der Waals surface area contributed by atoms with Crippen LogP contribution in [0.4, 0.5) is 0 Å². The lowest BCUT2D eigenvalue weighted by atomic mass is 9.82. The SMILES string of the molecule is O=C(NC(CCO)C1CCCCC1)c1ccncc1Cl. The zero-order valence-corrected chi connectivity index (χ0v) is 12.3. The van der Waals surface area contributed by atoms with E-state index in [1.807, 2.05) is 0 Å². The second-order valence-corrected chi connectivity index (χ2v) is 5.75. The van der Waals surface area contributed by atoms with Gasteiger partial charge < -0.3 is 10.4 Å². The van der Waals surface area contributed by atoms with E-state index in [1.165, 1.54) is 25.5 Å². The Balaban J connectivity index is 2.03. The standard InChI is InChI=1S/C15H21ClN2O2/c16-13-10-17-8-6-12(13)15(20)18-14(7-9-19)11-4-2-1-3-5-11/h6,8,10-11,14,19H,1-5,7,9H2,(H,18,20). The van der Waals surface area contributed by atoms with E-state index in [4.69, 9.17) is 11.6 Å². The minimum atomic E-state index is -0.179. The summed E-state index contributed by atoms with van der Waals surface area (Å²) in [5.41, 5.74) is 0.445. The highest BCUT2D eigenvalue weighted by Crippen LogP contribution is 2.28. The highest BCUT2D eigenvalue weighted by molar-refractivity contribution is 6.33. The fourth-order valence-corrected chi connectivity index (χ4v) is 3.11. The van der Waals surface area contributed by atoms with E-state index in [9.17, 15) is 9.90 Å². The van der Waals surface area contributed by atoms with E-state index in [0.717, 1.165) is 12.8 Å². The van der Waals surface area contributed by atoms with Crippen LogP contribution in [-0.2, 0) is 0 Å². The maximum atomic E-state index is 12.3. The number of nitrogens with one attached hydrogen (secondary N) is 1. The van der Waals surface area contributed by atoms with Crippen LogP contribution < -0.4 is 5.32 Å². The van der Waals surface area contributed by atoms with Crippen LogP contribution in [0.25, 0.3) is 0 Å². The third-order valence-corrected chi connectivity index (χ3v) is 4.29. The number of amides is 1. The molecule has 1 amide bonds. The molecule has 1 unspecified atom stereocenters. The van der Waals surface area contributed by atoms with Gasteiger partial charge in [0.25, 0.3) is 5.91 Å². The predicted molar refractivity (Wildman–Crippen MR) is 78.8 cm³/mol. The molecule has 0 aliphatic heterocycles. The van der Waals surface area contributed by atoms with Crippen molar-refractivity contribution in [1.29, 1.82) is 0 Å². The molecule has 0 spiro atoms. The molecule has 0 saturated heterocycles. The first-order chi connectivity index (χ1) is 9.72. The predicted octanol–water partition coefficient (Wildman–Crippen LogP) is 2.80. The zero-order chi connectivity index (χ0) is 14.4. The van der Waals surface area contributed by atoms with E-state index >= 15 is 0 Å². The molecule has 5 heteroatoms. The molecule has 1 heterocycles. The average molecular weight is 297 g/mol. The van der Waals surface area contributed by atoms with Crippen LogP contribution in [0.3, 0.4) is 0 Å². The summed E-state index contributed by atoms with van der Waals surface area (Å²) in [5.74, 6) is 0.280. The van der Waals surface area contributed by atoms with Gasteiger partial charge in [-0.1, -0.05) is 30.9 Å².